The molecule has 0 fully saturated rings. The van der Waals surface area contributed by atoms with E-state index in [1.165, 1.54) is 0 Å². The van der Waals surface area contributed by atoms with Gasteiger partial charge in [0.05, 0.1) is 18.7 Å². The van der Waals surface area contributed by atoms with Gasteiger partial charge >= 0.3 is 0 Å². The fourth-order valence-corrected chi connectivity index (χ4v) is 3.06. The number of hydrogen-bond acceptors (Lipinski definition) is 5. The molecule has 1 aromatic carbocycles. The Hall–Kier alpha value is -1.27. The number of aliphatic hydroxyl groups excluding tert-OH is 1. The molecule has 1 heterocycles. The summed E-state index contributed by atoms with van der Waals surface area (Å²) in [5, 5.41) is 15.1. The summed E-state index contributed by atoms with van der Waals surface area (Å²) in [5.41, 5.74) is 0.988. The van der Waals surface area contributed by atoms with Crippen LogP contribution >= 0.6 is 22.9 Å². The predicted molar refractivity (Wildman–Crippen MR) is 94.7 cm³/mol. The monoisotopic (exact) mass is 355 g/mol. The SMILES string of the molecule is CC[C@@H](CO)NCc1cc(Cl)c(OCc2cccs2)c(OC)c1. The normalized spacial score (nSPS) is 12.2. The molecular formula is C17H22ClNO3S. The molecule has 0 radical (unpaired) electrons. The van der Waals surface area contributed by atoms with Crippen molar-refractivity contribution < 1.29 is 14.6 Å². The maximum atomic E-state index is 9.23. The number of methoxy groups -OCH3 is 1. The van der Waals surface area contributed by atoms with Crippen molar-refractivity contribution in [1.29, 1.82) is 0 Å². The number of rotatable bonds is 9. The molecule has 126 valence electrons. The zero-order chi connectivity index (χ0) is 16.7. The molecule has 0 saturated heterocycles. The smallest absolute Gasteiger partial charge is 0.180 e. The molecule has 0 aliphatic rings. The van der Waals surface area contributed by atoms with Crippen LogP contribution in [0, 0.1) is 0 Å². The van der Waals surface area contributed by atoms with E-state index in [9.17, 15) is 5.11 Å². The van der Waals surface area contributed by atoms with Gasteiger partial charge in [0.1, 0.15) is 6.61 Å². The second kappa shape index (κ2) is 9.13. The van der Waals surface area contributed by atoms with Gasteiger partial charge in [-0.3, -0.25) is 0 Å². The molecule has 23 heavy (non-hydrogen) atoms. The predicted octanol–water partition coefficient (Wildman–Crippen LogP) is 3.85. The number of halogens is 1. The number of aliphatic hydroxyl groups is 1. The van der Waals surface area contributed by atoms with Gasteiger partial charge in [0.15, 0.2) is 11.5 Å². The van der Waals surface area contributed by atoms with Crippen LogP contribution in [0.15, 0.2) is 29.6 Å². The van der Waals surface area contributed by atoms with E-state index in [0.29, 0.717) is 29.7 Å². The van der Waals surface area contributed by atoms with Gasteiger partial charge in [0, 0.05) is 17.5 Å². The molecule has 0 aliphatic carbocycles. The maximum absolute atomic E-state index is 9.23. The van der Waals surface area contributed by atoms with Crippen molar-refractivity contribution in [2.24, 2.45) is 0 Å². The minimum atomic E-state index is 0.0783. The van der Waals surface area contributed by atoms with E-state index in [1.54, 1.807) is 18.4 Å². The van der Waals surface area contributed by atoms with Gasteiger partial charge in [-0.15, -0.1) is 11.3 Å². The van der Waals surface area contributed by atoms with Gasteiger partial charge in [-0.25, -0.2) is 0 Å². The molecule has 2 rings (SSSR count). The van der Waals surface area contributed by atoms with Crippen LogP contribution in [0.2, 0.25) is 5.02 Å². The van der Waals surface area contributed by atoms with Crippen LogP contribution in [0.3, 0.4) is 0 Å². The first-order valence-electron chi connectivity index (χ1n) is 7.53. The Morgan fingerprint density at radius 3 is 2.83 bits per heavy atom. The fourth-order valence-electron chi connectivity index (χ4n) is 2.15. The standard InChI is InChI=1S/C17H22ClNO3S/c1-3-13(10-20)19-9-12-7-15(18)17(16(8-12)21-2)22-11-14-5-4-6-23-14/h4-8,13,19-20H,3,9-11H2,1-2H3/t13-/m0/s1. The molecule has 0 saturated carbocycles. The molecule has 0 spiro atoms. The van der Waals surface area contributed by atoms with Gasteiger partial charge in [-0.2, -0.15) is 0 Å². The summed E-state index contributed by atoms with van der Waals surface area (Å²) in [7, 11) is 1.60. The Morgan fingerprint density at radius 1 is 1.39 bits per heavy atom. The van der Waals surface area contributed by atoms with Gasteiger partial charge < -0.3 is 19.9 Å². The van der Waals surface area contributed by atoms with E-state index in [-0.39, 0.29) is 12.6 Å². The van der Waals surface area contributed by atoms with Gasteiger partial charge in [0.2, 0.25) is 0 Å². The van der Waals surface area contributed by atoms with Crippen LogP contribution in [0.4, 0.5) is 0 Å². The average Bonchev–Trinajstić information content (AvgIpc) is 3.07. The lowest BCUT2D eigenvalue weighted by molar-refractivity contribution is 0.238. The molecule has 0 bridgehead atoms. The van der Waals surface area contributed by atoms with Crippen molar-refractivity contribution in [2.45, 2.75) is 32.5 Å². The number of benzene rings is 1. The highest BCUT2D eigenvalue weighted by Crippen LogP contribution is 2.37. The summed E-state index contributed by atoms with van der Waals surface area (Å²) in [6.07, 6.45) is 0.864. The third-order valence-electron chi connectivity index (χ3n) is 3.54. The Kier molecular flexibility index (Phi) is 7.17. The van der Waals surface area contributed by atoms with E-state index >= 15 is 0 Å². The summed E-state index contributed by atoms with van der Waals surface area (Å²) < 4.78 is 11.2. The fraction of sp³-hybridized carbons (Fsp3) is 0.412. The topological polar surface area (TPSA) is 50.7 Å². The lowest BCUT2D eigenvalue weighted by Crippen LogP contribution is -2.31. The first-order valence-corrected chi connectivity index (χ1v) is 8.79. The van der Waals surface area contributed by atoms with E-state index in [2.05, 4.69) is 5.32 Å². The second-order valence-corrected chi connectivity index (χ2v) is 6.59. The first kappa shape index (κ1) is 18.1. The van der Waals surface area contributed by atoms with Crippen molar-refractivity contribution >= 4 is 22.9 Å². The van der Waals surface area contributed by atoms with E-state index < -0.39 is 0 Å². The summed E-state index contributed by atoms with van der Waals surface area (Å²) in [5.74, 6) is 1.17. The van der Waals surface area contributed by atoms with Crippen LogP contribution in [-0.4, -0.2) is 24.9 Å². The van der Waals surface area contributed by atoms with Gasteiger partial charge in [-0.05, 0) is 35.6 Å². The summed E-state index contributed by atoms with van der Waals surface area (Å²) in [4.78, 5) is 1.13. The number of thiophene rings is 1. The molecule has 6 heteroatoms. The van der Waals surface area contributed by atoms with Crippen molar-refractivity contribution in [1.82, 2.24) is 5.32 Å². The lowest BCUT2D eigenvalue weighted by atomic mass is 10.1. The van der Waals surface area contributed by atoms with Gasteiger partial charge in [-0.1, -0.05) is 24.6 Å². The molecule has 2 N–H and O–H groups in total. The van der Waals surface area contributed by atoms with Crippen LogP contribution in [-0.2, 0) is 13.2 Å². The third kappa shape index (κ3) is 5.11. The molecule has 1 aromatic heterocycles. The zero-order valence-corrected chi connectivity index (χ0v) is 14.9. The highest BCUT2D eigenvalue weighted by atomic mass is 35.5. The summed E-state index contributed by atoms with van der Waals surface area (Å²) in [6.45, 7) is 3.22. The van der Waals surface area contributed by atoms with Crippen LogP contribution in [0.1, 0.15) is 23.8 Å². The number of ether oxygens (including phenoxy) is 2. The van der Waals surface area contributed by atoms with Crippen LogP contribution in [0.5, 0.6) is 11.5 Å². The maximum Gasteiger partial charge on any atom is 0.180 e. The quantitative estimate of drug-likeness (QED) is 0.717. The van der Waals surface area contributed by atoms with E-state index in [0.717, 1.165) is 16.9 Å². The van der Waals surface area contributed by atoms with Gasteiger partial charge in [0.25, 0.3) is 0 Å². The zero-order valence-electron chi connectivity index (χ0n) is 13.3. The van der Waals surface area contributed by atoms with Crippen LogP contribution < -0.4 is 14.8 Å². The molecular weight excluding hydrogens is 334 g/mol. The number of nitrogens with one attached hydrogen (secondary N) is 1. The number of hydrogen-bond donors (Lipinski definition) is 2. The third-order valence-corrected chi connectivity index (χ3v) is 4.67. The highest BCUT2D eigenvalue weighted by Gasteiger charge is 2.13. The van der Waals surface area contributed by atoms with E-state index in [1.807, 2.05) is 36.6 Å². The molecule has 0 aliphatic heterocycles. The van der Waals surface area contributed by atoms with Crippen molar-refractivity contribution in [3.05, 3.63) is 45.1 Å². The summed E-state index contributed by atoms with van der Waals surface area (Å²) >= 11 is 8.00. The lowest BCUT2D eigenvalue weighted by Gasteiger charge is -2.16. The minimum Gasteiger partial charge on any atom is -0.493 e. The molecule has 0 amide bonds. The van der Waals surface area contributed by atoms with Crippen molar-refractivity contribution in [3.8, 4) is 11.5 Å². The molecule has 4 nitrogen and oxygen atoms in total. The molecule has 1 atom stereocenters. The molecule has 2 aromatic rings. The average molecular weight is 356 g/mol. The minimum absolute atomic E-state index is 0.0783. The molecule has 0 unspecified atom stereocenters. The Labute approximate surface area is 146 Å². The van der Waals surface area contributed by atoms with Crippen LogP contribution in [0.25, 0.3) is 0 Å². The highest BCUT2D eigenvalue weighted by molar-refractivity contribution is 7.09. The largest absolute Gasteiger partial charge is 0.493 e. The first-order chi connectivity index (χ1) is 11.2. The summed E-state index contributed by atoms with van der Waals surface area (Å²) in [6, 6.07) is 7.86. The Bertz CT molecular complexity index is 600. The van der Waals surface area contributed by atoms with E-state index in [4.69, 9.17) is 21.1 Å². The van der Waals surface area contributed by atoms with Crippen molar-refractivity contribution in [2.75, 3.05) is 13.7 Å². The second-order valence-electron chi connectivity index (χ2n) is 5.15. The Morgan fingerprint density at radius 2 is 2.22 bits per heavy atom. The van der Waals surface area contributed by atoms with Crippen molar-refractivity contribution in [3.63, 3.8) is 0 Å². The Balaban J connectivity index is 2.08.